The first-order valence-electron chi connectivity index (χ1n) is 12.2. The Balaban J connectivity index is 1.76. The standard InChI is InChI=1S/C28H32N6O3/c1-5-28(2,3)30-27(36)26(21-13-15-29-16-14-21)33(18-20-9-8-10-22(17-20)37-4)25(35)19-34-24-12-7-6-11-23(24)31-32-34/h6-17,26H,5,18-19H2,1-4H3,(H,30,36)/t26-/m1/s1. The third-order valence-electron chi connectivity index (χ3n) is 6.44. The van der Waals surface area contributed by atoms with Crippen molar-refractivity contribution in [3.8, 4) is 5.75 Å². The Kier molecular flexibility index (Phi) is 7.81. The zero-order chi connectivity index (χ0) is 26.4. The minimum absolute atomic E-state index is 0.0729. The predicted octanol–water partition coefficient (Wildman–Crippen LogP) is 3.91. The highest BCUT2D eigenvalue weighted by Crippen LogP contribution is 2.26. The lowest BCUT2D eigenvalue weighted by atomic mass is 9.98. The number of para-hydroxylation sites is 1. The van der Waals surface area contributed by atoms with Crippen molar-refractivity contribution in [3.63, 3.8) is 0 Å². The van der Waals surface area contributed by atoms with E-state index < -0.39 is 11.6 Å². The lowest BCUT2D eigenvalue weighted by Crippen LogP contribution is -2.50. The molecule has 37 heavy (non-hydrogen) atoms. The highest BCUT2D eigenvalue weighted by atomic mass is 16.5. The van der Waals surface area contributed by atoms with Gasteiger partial charge in [-0.15, -0.1) is 5.10 Å². The number of nitrogens with zero attached hydrogens (tertiary/aromatic N) is 5. The van der Waals surface area contributed by atoms with E-state index in [9.17, 15) is 9.59 Å². The zero-order valence-corrected chi connectivity index (χ0v) is 21.6. The van der Waals surface area contributed by atoms with Crippen molar-refractivity contribution in [2.75, 3.05) is 7.11 Å². The number of rotatable bonds is 10. The van der Waals surface area contributed by atoms with Crippen LogP contribution < -0.4 is 10.1 Å². The molecule has 1 atom stereocenters. The Bertz CT molecular complexity index is 1370. The van der Waals surface area contributed by atoms with Crippen LogP contribution in [0.4, 0.5) is 0 Å². The number of pyridine rings is 1. The van der Waals surface area contributed by atoms with Crippen LogP contribution in [0.25, 0.3) is 11.0 Å². The fourth-order valence-electron chi connectivity index (χ4n) is 4.05. The molecule has 2 heterocycles. The minimum Gasteiger partial charge on any atom is -0.497 e. The number of carbonyl (C=O) groups excluding carboxylic acids is 2. The van der Waals surface area contributed by atoms with Crippen LogP contribution >= 0.6 is 0 Å². The third kappa shape index (κ3) is 6.11. The molecule has 192 valence electrons. The van der Waals surface area contributed by atoms with Gasteiger partial charge >= 0.3 is 0 Å². The van der Waals surface area contributed by atoms with Gasteiger partial charge in [-0.3, -0.25) is 14.6 Å². The van der Waals surface area contributed by atoms with Crippen molar-refractivity contribution in [2.45, 2.75) is 51.9 Å². The van der Waals surface area contributed by atoms with Crippen molar-refractivity contribution in [1.29, 1.82) is 0 Å². The van der Waals surface area contributed by atoms with Gasteiger partial charge in [-0.25, -0.2) is 4.68 Å². The number of fused-ring (bicyclic) bond motifs is 1. The summed E-state index contributed by atoms with van der Waals surface area (Å²) in [5, 5.41) is 11.5. The average molecular weight is 501 g/mol. The summed E-state index contributed by atoms with van der Waals surface area (Å²) in [5.41, 5.74) is 2.49. The lowest BCUT2D eigenvalue weighted by Gasteiger charge is -2.34. The third-order valence-corrected chi connectivity index (χ3v) is 6.44. The molecule has 0 bridgehead atoms. The van der Waals surface area contributed by atoms with Gasteiger partial charge in [-0.1, -0.05) is 36.4 Å². The van der Waals surface area contributed by atoms with Crippen molar-refractivity contribution >= 4 is 22.8 Å². The summed E-state index contributed by atoms with van der Waals surface area (Å²) in [4.78, 5) is 33.5. The largest absolute Gasteiger partial charge is 0.497 e. The van der Waals surface area contributed by atoms with Gasteiger partial charge in [0.15, 0.2) is 0 Å². The number of hydrogen-bond acceptors (Lipinski definition) is 6. The molecule has 0 saturated carbocycles. The molecule has 2 aromatic heterocycles. The van der Waals surface area contributed by atoms with E-state index in [4.69, 9.17) is 4.74 Å². The van der Waals surface area contributed by atoms with E-state index in [2.05, 4.69) is 20.6 Å². The molecular formula is C28H32N6O3. The number of amides is 2. The van der Waals surface area contributed by atoms with Crippen molar-refractivity contribution < 1.29 is 14.3 Å². The van der Waals surface area contributed by atoms with Crippen LogP contribution in [0.1, 0.15) is 44.4 Å². The number of aromatic nitrogens is 4. The molecule has 9 nitrogen and oxygen atoms in total. The van der Waals surface area contributed by atoms with E-state index in [0.29, 0.717) is 16.8 Å². The summed E-state index contributed by atoms with van der Waals surface area (Å²) < 4.78 is 6.95. The van der Waals surface area contributed by atoms with Crippen LogP contribution in [0.2, 0.25) is 0 Å². The maximum absolute atomic E-state index is 14.0. The minimum atomic E-state index is -0.887. The second-order valence-electron chi connectivity index (χ2n) is 9.52. The highest BCUT2D eigenvalue weighted by molar-refractivity contribution is 5.89. The molecular weight excluding hydrogens is 468 g/mol. The molecule has 0 spiro atoms. The van der Waals surface area contributed by atoms with E-state index in [0.717, 1.165) is 17.5 Å². The summed E-state index contributed by atoms with van der Waals surface area (Å²) in [6.07, 6.45) is 3.98. The maximum atomic E-state index is 14.0. The molecule has 0 saturated heterocycles. The van der Waals surface area contributed by atoms with Gasteiger partial charge in [-0.05, 0) is 67.8 Å². The van der Waals surface area contributed by atoms with Crippen molar-refractivity contribution in [1.82, 2.24) is 30.2 Å². The SMILES string of the molecule is CCC(C)(C)NC(=O)[C@@H](c1ccncc1)N(Cc1cccc(OC)c1)C(=O)Cn1nnc2ccccc21. The van der Waals surface area contributed by atoms with E-state index in [-0.39, 0.29) is 24.9 Å². The number of ether oxygens (including phenoxy) is 1. The molecule has 0 unspecified atom stereocenters. The van der Waals surface area contributed by atoms with E-state index in [1.54, 1.807) is 41.2 Å². The fraction of sp³-hybridized carbons (Fsp3) is 0.321. The van der Waals surface area contributed by atoms with Crippen molar-refractivity contribution in [3.05, 3.63) is 84.2 Å². The molecule has 9 heteroatoms. The second-order valence-corrected chi connectivity index (χ2v) is 9.52. The topological polar surface area (TPSA) is 102 Å². The van der Waals surface area contributed by atoms with Crippen LogP contribution in [-0.2, 0) is 22.7 Å². The summed E-state index contributed by atoms with van der Waals surface area (Å²) >= 11 is 0. The average Bonchev–Trinajstić information content (AvgIpc) is 3.31. The van der Waals surface area contributed by atoms with Gasteiger partial charge in [0.1, 0.15) is 23.9 Å². The number of carbonyl (C=O) groups is 2. The molecule has 0 aliphatic carbocycles. The first-order valence-corrected chi connectivity index (χ1v) is 12.2. The van der Waals surface area contributed by atoms with Gasteiger partial charge in [0.05, 0.1) is 12.6 Å². The molecule has 1 N–H and O–H groups in total. The fourth-order valence-corrected chi connectivity index (χ4v) is 4.05. The maximum Gasteiger partial charge on any atom is 0.247 e. The Labute approximate surface area is 216 Å². The van der Waals surface area contributed by atoms with Gasteiger partial charge in [-0.2, -0.15) is 0 Å². The van der Waals surface area contributed by atoms with Gasteiger partial charge in [0, 0.05) is 24.5 Å². The molecule has 4 rings (SSSR count). The van der Waals surface area contributed by atoms with E-state index in [1.165, 1.54) is 0 Å². The molecule has 0 aliphatic heterocycles. The van der Waals surface area contributed by atoms with Crippen LogP contribution in [0, 0.1) is 0 Å². The summed E-state index contributed by atoms with van der Waals surface area (Å²) in [6, 6.07) is 17.6. The number of nitrogens with one attached hydrogen (secondary N) is 1. The first kappa shape index (κ1) is 25.8. The highest BCUT2D eigenvalue weighted by Gasteiger charge is 2.34. The number of methoxy groups -OCH3 is 1. The molecule has 0 aliphatic rings. The Hall–Kier alpha value is -4.27. The van der Waals surface area contributed by atoms with E-state index >= 15 is 0 Å². The van der Waals surface area contributed by atoms with Crippen LogP contribution in [0.5, 0.6) is 5.75 Å². The monoisotopic (exact) mass is 500 g/mol. The Morgan fingerprint density at radius 1 is 1.08 bits per heavy atom. The Morgan fingerprint density at radius 2 is 1.84 bits per heavy atom. The Morgan fingerprint density at radius 3 is 2.57 bits per heavy atom. The number of benzene rings is 2. The van der Waals surface area contributed by atoms with Crippen molar-refractivity contribution in [2.24, 2.45) is 0 Å². The second kappa shape index (κ2) is 11.2. The van der Waals surface area contributed by atoms with Gasteiger partial charge in [0.2, 0.25) is 11.8 Å². The molecule has 2 amide bonds. The first-order chi connectivity index (χ1) is 17.8. The van der Waals surface area contributed by atoms with Crippen LogP contribution in [0.15, 0.2) is 73.1 Å². The summed E-state index contributed by atoms with van der Waals surface area (Å²) in [6.45, 7) is 6.05. The van der Waals surface area contributed by atoms with Crippen LogP contribution in [0.3, 0.4) is 0 Å². The number of hydrogen-bond donors (Lipinski definition) is 1. The molecule has 4 aromatic rings. The smallest absolute Gasteiger partial charge is 0.247 e. The van der Waals surface area contributed by atoms with Crippen LogP contribution in [-0.4, -0.2) is 49.3 Å². The molecule has 2 aromatic carbocycles. The normalized spacial score (nSPS) is 12.2. The summed E-state index contributed by atoms with van der Waals surface area (Å²) in [7, 11) is 1.60. The van der Waals surface area contributed by atoms with Gasteiger partial charge < -0.3 is 15.0 Å². The molecule has 0 radical (unpaired) electrons. The quantitative estimate of drug-likeness (QED) is 0.354. The lowest BCUT2D eigenvalue weighted by molar-refractivity contribution is -0.143. The predicted molar refractivity (Wildman–Crippen MR) is 141 cm³/mol. The summed E-state index contributed by atoms with van der Waals surface area (Å²) in [5.74, 6) is 0.131. The molecule has 0 fully saturated rings. The van der Waals surface area contributed by atoms with Gasteiger partial charge in [0.25, 0.3) is 0 Å². The van der Waals surface area contributed by atoms with E-state index in [1.807, 2.05) is 69.3 Å². The zero-order valence-electron chi connectivity index (χ0n) is 21.6.